The topological polar surface area (TPSA) is 69.6 Å². The summed E-state index contributed by atoms with van der Waals surface area (Å²) in [6.45, 7) is 3.89. The van der Waals surface area contributed by atoms with Crippen molar-refractivity contribution in [3.8, 4) is 0 Å². The largest absolute Gasteiger partial charge is 0.481 e. The molecule has 27 heavy (non-hydrogen) atoms. The molecule has 1 unspecified atom stereocenters. The highest BCUT2D eigenvalue weighted by Gasteiger charge is 2.25. The van der Waals surface area contributed by atoms with Crippen molar-refractivity contribution in [1.29, 1.82) is 0 Å². The average molecular weight is 373 g/mol. The zero-order valence-corrected chi connectivity index (χ0v) is 16.2. The van der Waals surface area contributed by atoms with Crippen molar-refractivity contribution >= 4 is 11.9 Å². The van der Waals surface area contributed by atoms with E-state index in [1.807, 2.05) is 12.1 Å². The molecule has 0 radical (unpaired) electrons. The first-order valence-corrected chi connectivity index (χ1v) is 10.4. The van der Waals surface area contributed by atoms with Gasteiger partial charge in [0.2, 0.25) is 5.91 Å². The number of nitrogens with one attached hydrogen (secondary N) is 1. The van der Waals surface area contributed by atoms with E-state index in [-0.39, 0.29) is 6.42 Å². The monoisotopic (exact) mass is 372 g/mol. The standard InChI is InChI=1S/C22H32N2O3/c25-21(9-5-18-11-13-23-14-12-18)24-15-1-2-20(16-24)19-7-3-17(4-8-19)6-10-22(26)27/h3-4,7-8,18,20,23H,1-2,5-6,9-16H2,(H,26,27). The second-order valence-corrected chi connectivity index (χ2v) is 8.05. The molecule has 1 atom stereocenters. The Bertz CT molecular complexity index is 623. The van der Waals surface area contributed by atoms with E-state index in [1.54, 1.807) is 0 Å². The fourth-order valence-corrected chi connectivity index (χ4v) is 4.34. The number of rotatable bonds is 7. The van der Waals surface area contributed by atoms with Gasteiger partial charge in [0.05, 0.1) is 0 Å². The molecule has 2 heterocycles. The Labute approximate surface area is 162 Å². The van der Waals surface area contributed by atoms with Gasteiger partial charge in [0.25, 0.3) is 0 Å². The summed E-state index contributed by atoms with van der Waals surface area (Å²) in [4.78, 5) is 25.4. The summed E-state index contributed by atoms with van der Waals surface area (Å²) in [6, 6.07) is 8.31. The van der Waals surface area contributed by atoms with Crippen LogP contribution in [-0.2, 0) is 16.0 Å². The third kappa shape index (κ3) is 6.06. The van der Waals surface area contributed by atoms with E-state index in [9.17, 15) is 9.59 Å². The predicted molar refractivity (Wildman–Crippen MR) is 106 cm³/mol. The minimum absolute atomic E-state index is 0.169. The number of aryl methyl sites for hydroxylation is 1. The summed E-state index contributed by atoms with van der Waals surface area (Å²) in [5, 5.41) is 12.2. The number of nitrogens with zero attached hydrogens (tertiary/aromatic N) is 1. The second-order valence-electron chi connectivity index (χ2n) is 8.05. The number of aliphatic carboxylic acids is 1. The number of carboxylic acid groups (broad SMARTS) is 1. The van der Waals surface area contributed by atoms with Crippen LogP contribution in [0.1, 0.15) is 62.0 Å². The van der Waals surface area contributed by atoms with E-state index >= 15 is 0 Å². The molecule has 5 nitrogen and oxygen atoms in total. The van der Waals surface area contributed by atoms with E-state index in [4.69, 9.17) is 5.11 Å². The van der Waals surface area contributed by atoms with Gasteiger partial charge in [-0.2, -0.15) is 0 Å². The molecule has 148 valence electrons. The van der Waals surface area contributed by atoms with Crippen LogP contribution in [0.5, 0.6) is 0 Å². The van der Waals surface area contributed by atoms with Gasteiger partial charge in [0.1, 0.15) is 0 Å². The van der Waals surface area contributed by atoms with E-state index in [0.717, 1.165) is 51.0 Å². The Hall–Kier alpha value is -1.88. The number of hydrogen-bond donors (Lipinski definition) is 2. The first kappa shape index (κ1) is 19.9. The van der Waals surface area contributed by atoms with Gasteiger partial charge in [-0.25, -0.2) is 0 Å². The molecule has 2 saturated heterocycles. The minimum atomic E-state index is -0.759. The maximum absolute atomic E-state index is 12.7. The fourth-order valence-electron chi connectivity index (χ4n) is 4.34. The molecule has 1 amide bonds. The number of carbonyl (C=O) groups is 2. The van der Waals surface area contributed by atoms with Gasteiger partial charge in [-0.05, 0) is 68.7 Å². The van der Waals surface area contributed by atoms with Gasteiger partial charge >= 0.3 is 5.97 Å². The quantitative estimate of drug-likeness (QED) is 0.771. The van der Waals surface area contributed by atoms with Crippen LogP contribution in [0.25, 0.3) is 0 Å². The Morgan fingerprint density at radius 1 is 1.07 bits per heavy atom. The Morgan fingerprint density at radius 2 is 1.81 bits per heavy atom. The van der Waals surface area contributed by atoms with Gasteiger partial charge in [-0.3, -0.25) is 9.59 Å². The number of benzene rings is 1. The Morgan fingerprint density at radius 3 is 2.52 bits per heavy atom. The summed E-state index contributed by atoms with van der Waals surface area (Å²) >= 11 is 0. The maximum atomic E-state index is 12.7. The molecule has 0 aromatic heterocycles. The predicted octanol–water partition coefficient (Wildman–Crippen LogP) is 3.19. The van der Waals surface area contributed by atoms with Crippen molar-refractivity contribution in [3.05, 3.63) is 35.4 Å². The van der Waals surface area contributed by atoms with Gasteiger partial charge in [-0.15, -0.1) is 0 Å². The van der Waals surface area contributed by atoms with Gasteiger partial charge in [-0.1, -0.05) is 24.3 Å². The Balaban J connectivity index is 1.49. The van der Waals surface area contributed by atoms with Crippen LogP contribution >= 0.6 is 0 Å². The number of carbonyl (C=O) groups excluding carboxylic acids is 1. The number of hydrogen-bond acceptors (Lipinski definition) is 3. The normalized spacial score (nSPS) is 21.2. The smallest absolute Gasteiger partial charge is 0.303 e. The molecule has 3 rings (SSSR count). The third-order valence-corrected chi connectivity index (χ3v) is 6.08. The zero-order chi connectivity index (χ0) is 19.1. The number of piperidine rings is 2. The minimum Gasteiger partial charge on any atom is -0.481 e. The van der Waals surface area contributed by atoms with E-state index in [2.05, 4.69) is 22.3 Å². The molecule has 1 aromatic rings. The molecular weight excluding hydrogens is 340 g/mol. The second kappa shape index (κ2) is 9.88. The van der Waals surface area contributed by atoms with Gasteiger partial charge in [0, 0.05) is 31.8 Å². The highest BCUT2D eigenvalue weighted by molar-refractivity contribution is 5.76. The van der Waals surface area contributed by atoms with Crippen molar-refractivity contribution < 1.29 is 14.7 Å². The van der Waals surface area contributed by atoms with Crippen molar-refractivity contribution in [3.63, 3.8) is 0 Å². The third-order valence-electron chi connectivity index (χ3n) is 6.08. The van der Waals surface area contributed by atoms with Crippen LogP contribution in [-0.4, -0.2) is 48.1 Å². The van der Waals surface area contributed by atoms with E-state index in [1.165, 1.54) is 18.4 Å². The molecule has 0 bridgehead atoms. The molecule has 2 aliphatic heterocycles. The molecule has 0 spiro atoms. The van der Waals surface area contributed by atoms with Crippen LogP contribution in [0.15, 0.2) is 24.3 Å². The highest BCUT2D eigenvalue weighted by Crippen LogP contribution is 2.28. The molecule has 0 aliphatic carbocycles. The van der Waals surface area contributed by atoms with Crippen LogP contribution in [0.3, 0.4) is 0 Å². The Kier molecular flexibility index (Phi) is 7.27. The first-order valence-electron chi connectivity index (χ1n) is 10.4. The molecule has 5 heteroatoms. The van der Waals surface area contributed by atoms with E-state index < -0.39 is 5.97 Å². The average Bonchev–Trinajstić information content (AvgIpc) is 2.71. The summed E-state index contributed by atoms with van der Waals surface area (Å²) < 4.78 is 0. The SMILES string of the molecule is O=C(O)CCc1ccc(C2CCCN(C(=O)CCC3CCNCC3)C2)cc1. The van der Waals surface area contributed by atoms with Crippen LogP contribution < -0.4 is 5.32 Å². The number of likely N-dealkylation sites (tertiary alicyclic amines) is 1. The van der Waals surface area contributed by atoms with Crippen molar-refractivity contribution in [2.75, 3.05) is 26.2 Å². The van der Waals surface area contributed by atoms with E-state index in [0.29, 0.717) is 30.6 Å². The van der Waals surface area contributed by atoms with Crippen molar-refractivity contribution in [2.45, 2.75) is 57.3 Å². The maximum Gasteiger partial charge on any atom is 0.303 e. The first-order chi connectivity index (χ1) is 13.1. The summed E-state index contributed by atoms with van der Waals surface area (Å²) in [7, 11) is 0. The lowest BCUT2D eigenvalue weighted by molar-refractivity contribution is -0.137. The zero-order valence-electron chi connectivity index (χ0n) is 16.2. The molecule has 2 N–H and O–H groups in total. The summed E-state index contributed by atoms with van der Waals surface area (Å²) in [6.07, 6.45) is 7.03. The fraction of sp³-hybridized carbons (Fsp3) is 0.636. The molecule has 2 aliphatic rings. The van der Waals surface area contributed by atoms with Crippen LogP contribution in [0.2, 0.25) is 0 Å². The molecule has 1 aromatic carbocycles. The van der Waals surface area contributed by atoms with Crippen molar-refractivity contribution in [1.82, 2.24) is 10.2 Å². The van der Waals surface area contributed by atoms with Gasteiger partial charge in [0.15, 0.2) is 0 Å². The van der Waals surface area contributed by atoms with Gasteiger partial charge < -0.3 is 15.3 Å². The lowest BCUT2D eigenvalue weighted by Gasteiger charge is -2.33. The molecule has 2 fully saturated rings. The van der Waals surface area contributed by atoms with Crippen LogP contribution in [0.4, 0.5) is 0 Å². The molecular formula is C22H32N2O3. The molecule has 0 saturated carbocycles. The number of carboxylic acids is 1. The summed E-state index contributed by atoms with van der Waals surface area (Å²) in [5.41, 5.74) is 2.33. The summed E-state index contributed by atoms with van der Waals surface area (Å²) in [5.74, 6) is 0.658. The lowest BCUT2D eigenvalue weighted by Crippen LogP contribution is -2.39. The lowest BCUT2D eigenvalue weighted by atomic mass is 9.89. The van der Waals surface area contributed by atoms with Crippen LogP contribution in [0, 0.1) is 5.92 Å². The number of amides is 1. The van der Waals surface area contributed by atoms with Crippen molar-refractivity contribution in [2.24, 2.45) is 5.92 Å². The highest BCUT2D eigenvalue weighted by atomic mass is 16.4.